The van der Waals surface area contributed by atoms with Gasteiger partial charge in [-0.1, -0.05) is 45.2 Å². The van der Waals surface area contributed by atoms with E-state index in [0.717, 1.165) is 31.9 Å². The summed E-state index contributed by atoms with van der Waals surface area (Å²) in [7, 11) is 0. The molecule has 0 saturated carbocycles. The van der Waals surface area contributed by atoms with Gasteiger partial charge in [0.05, 0.1) is 6.61 Å². The van der Waals surface area contributed by atoms with Gasteiger partial charge < -0.3 is 14.8 Å². The predicted molar refractivity (Wildman–Crippen MR) is 84.3 cm³/mol. The normalized spacial score (nSPS) is 10.7. The van der Waals surface area contributed by atoms with Crippen molar-refractivity contribution in [2.24, 2.45) is 0 Å². The Kier molecular flexibility index (Phi) is 9.98. The Morgan fingerprint density at radius 1 is 1.00 bits per heavy atom. The van der Waals surface area contributed by atoms with Crippen LogP contribution in [0.4, 0.5) is 0 Å². The second-order valence-electron chi connectivity index (χ2n) is 4.95. The van der Waals surface area contributed by atoms with Crippen molar-refractivity contribution in [1.82, 2.24) is 5.32 Å². The van der Waals surface area contributed by atoms with Crippen LogP contribution >= 0.6 is 0 Å². The Bertz CT molecular complexity index is 342. The molecule has 1 aromatic carbocycles. The van der Waals surface area contributed by atoms with E-state index in [1.54, 1.807) is 0 Å². The maximum absolute atomic E-state index is 5.70. The SMILES string of the molecule is CCCCCCOCCOc1cccc(CNCC)c1. The van der Waals surface area contributed by atoms with Crippen molar-refractivity contribution in [3.63, 3.8) is 0 Å². The van der Waals surface area contributed by atoms with Crippen molar-refractivity contribution in [2.45, 2.75) is 46.1 Å². The summed E-state index contributed by atoms with van der Waals surface area (Å²) in [5.74, 6) is 0.926. The molecule has 0 aliphatic carbocycles. The van der Waals surface area contributed by atoms with Crippen molar-refractivity contribution in [2.75, 3.05) is 26.4 Å². The number of rotatable bonds is 12. The molecule has 0 heterocycles. The molecule has 0 bridgehead atoms. The Balaban J connectivity index is 2.09. The number of nitrogens with one attached hydrogen (secondary N) is 1. The van der Waals surface area contributed by atoms with E-state index >= 15 is 0 Å². The smallest absolute Gasteiger partial charge is 0.119 e. The first-order valence-corrected chi connectivity index (χ1v) is 7.87. The van der Waals surface area contributed by atoms with E-state index in [9.17, 15) is 0 Å². The van der Waals surface area contributed by atoms with Crippen LogP contribution in [-0.4, -0.2) is 26.4 Å². The summed E-state index contributed by atoms with van der Waals surface area (Å²) in [5.41, 5.74) is 1.25. The van der Waals surface area contributed by atoms with E-state index in [1.807, 2.05) is 12.1 Å². The standard InChI is InChI=1S/C17H29NO2/c1-3-5-6-7-11-19-12-13-20-17-10-8-9-16(14-17)15-18-4-2/h8-10,14,18H,3-7,11-13,15H2,1-2H3. The third-order valence-electron chi connectivity index (χ3n) is 3.12. The van der Waals surface area contributed by atoms with Crippen LogP contribution in [0.25, 0.3) is 0 Å². The zero-order valence-corrected chi connectivity index (χ0v) is 13.0. The second-order valence-corrected chi connectivity index (χ2v) is 4.95. The third-order valence-corrected chi connectivity index (χ3v) is 3.12. The average molecular weight is 279 g/mol. The first-order valence-electron chi connectivity index (χ1n) is 7.87. The molecule has 0 unspecified atom stereocenters. The molecule has 0 aromatic heterocycles. The molecule has 20 heavy (non-hydrogen) atoms. The molecule has 0 fully saturated rings. The summed E-state index contributed by atoms with van der Waals surface area (Å²) in [6.07, 6.45) is 5.00. The Morgan fingerprint density at radius 3 is 2.70 bits per heavy atom. The molecule has 0 radical (unpaired) electrons. The zero-order valence-electron chi connectivity index (χ0n) is 13.0. The quantitative estimate of drug-likeness (QED) is 0.591. The summed E-state index contributed by atoms with van der Waals surface area (Å²) < 4.78 is 11.3. The molecule has 1 aromatic rings. The number of benzene rings is 1. The van der Waals surface area contributed by atoms with Gasteiger partial charge >= 0.3 is 0 Å². The Labute approximate surface area is 123 Å². The molecule has 0 spiro atoms. The van der Waals surface area contributed by atoms with Crippen LogP contribution in [0.3, 0.4) is 0 Å². The van der Waals surface area contributed by atoms with E-state index in [-0.39, 0.29) is 0 Å². The summed E-state index contributed by atoms with van der Waals surface area (Å²) >= 11 is 0. The molecular weight excluding hydrogens is 250 g/mol. The van der Waals surface area contributed by atoms with Gasteiger partial charge in [0.15, 0.2) is 0 Å². The van der Waals surface area contributed by atoms with Crippen LogP contribution in [0.5, 0.6) is 5.75 Å². The fourth-order valence-corrected chi connectivity index (χ4v) is 1.97. The van der Waals surface area contributed by atoms with E-state index in [1.165, 1.54) is 24.8 Å². The lowest BCUT2D eigenvalue weighted by atomic mass is 10.2. The van der Waals surface area contributed by atoms with Gasteiger partial charge in [0.2, 0.25) is 0 Å². The molecule has 1 N–H and O–H groups in total. The molecule has 0 amide bonds. The predicted octanol–water partition coefficient (Wildman–Crippen LogP) is 3.77. The Morgan fingerprint density at radius 2 is 1.90 bits per heavy atom. The van der Waals surface area contributed by atoms with Crippen molar-refractivity contribution in [3.05, 3.63) is 29.8 Å². The minimum absolute atomic E-state index is 0.623. The molecule has 1 rings (SSSR count). The number of hydrogen-bond acceptors (Lipinski definition) is 3. The molecular formula is C17H29NO2. The average Bonchev–Trinajstić information content (AvgIpc) is 2.48. The van der Waals surface area contributed by atoms with Crippen LogP contribution in [-0.2, 0) is 11.3 Å². The molecule has 114 valence electrons. The van der Waals surface area contributed by atoms with Gasteiger partial charge in [-0.15, -0.1) is 0 Å². The summed E-state index contributed by atoms with van der Waals surface area (Å²) in [4.78, 5) is 0. The highest BCUT2D eigenvalue weighted by atomic mass is 16.5. The van der Waals surface area contributed by atoms with E-state index in [4.69, 9.17) is 9.47 Å². The number of unbranched alkanes of at least 4 members (excludes halogenated alkanes) is 3. The number of ether oxygens (including phenoxy) is 2. The first-order chi connectivity index (χ1) is 9.86. The topological polar surface area (TPSA) is 30.5 Å². The highest BCUT2D eigenvalue weighted by molar-refractivity contribution is 5.28. The van der Waals surface area contributed by atoms with Crippen LogP contribution in [0.1, 0.15) is 45.1 Å². The van der Waals surface area contributed by atoms with Gasteiger partial charge in [-0.2, -0.15) is 0 Å². The van der Waals surface area contributed by atoms with Gasteiger partial charge in [-0.25, -0.2) is 0 Å². The second kappa shape index (κ2) is 11.7. The minimum atomic E-state index is 0.623. The van der Waals surface area contributed by atoms with E-state index < -0.39 is 0 Å². The highest BCUT2D eigenvalue weighted by Crippen LogP contribution is 2.13. The first kappa shape index (κ1) is 17.0. The van der Waals surface area contributed by atoms with Gasteiger partial charge in [-0.3, -0.25) is 0 Å². The molecule has 3 heteroatoms. The van der Waals surface area contributed by atoms with Gasteiger partial charge in [-0.05, 0) is 30.7 Å². The van der Waals surface area contributed by atoms with Crippen LogP contribution in [0, 0.1) is 0 Å². The Hall–Kier alpha value is -1.06. The van der Waals surface area contributed by atoms with Gasteiger partial charge in [0, 0.05) is 13.2 Å². The lowest BCUT2D eigenvalue weighted by Crippen LogP contribution is -2.12. The van der Waals surface area contributed by atoms with E-state index in [0.29, 0.717) is 13.2 Å². The van der Waals surface area contributed by atoms with Gasteiger partial charge in [0.1, 0.15) is 12.4 Å². The highest BCUT2D eigenvalue weighted by Gasteiger charge is 1.97. The minimum Gasteiger partial charge on any atom is -0.491 e. The summed E-state index contributed by atoms with van der Waals surface area (Å²) in [6.45, 7) is 8.35. The fourth-order valence-electron chi connectivity index (χ4n) is 1.97. The summed E-state index contributed by atoms with van der Waals surface area (Å²) in [5, 5.41) is 3.31. The van der Waals surface area contributed by atoms with Crippen molar-refractivity contribution >= 4 is 0 Å². The fraction of sp³-hybridized carbons (Fsp3) is 0.647. The monoisotopic (exact) mass is 279 g/mol. The van der Waals surface area contributed by atoms with Crippen molar-refractivity contribution < 1.29 is 9.47 Å². The van der Waals surface area contributed by atoms with Crippen LogP contribution in [0.2, 0.25) is 0 Å². The van der Waals surface area contributed by atoms with Gasteiger partial charge in [0.25, 0.3) is 0 Å². The molecule has 3 nitrogen and oxygen atoms in total. The largest absolute Gasteiger partial charge is 0.491 e. The third kappa shape index (κ3) is 8.18. The van der Waals surface area contributed by atoms with Crippen molar-refractivity contribution in [1.29, 1.82) is 0 Å². The maximum atomic E-state index is 5.70. The molecule has 0 aliphatic heterocycles. The lowest BCUT2D eigenvalue weighted by molar-refractivity contribution is 0.0971. The molecule has 0 aliphatic rings. The van der Waals surface area contributed by atoms with Crippen LogP contribution in [0.15, 0.2) is 24.3 Å². The van der Waals surface area contributed by atoms with Crippen LogP contribution < -0.4 is 10.1 Å². The van der Waals surface area contributed by atoms with E-state index in [2.05, 4.69) is 31.3 Å². The molecule has 0 saturated heterocycles. The zero-order chi connectivity index (χ0) is 14.5. The number of hydrogen-bond donors (Lipinski definition) is 1. The molecule has 0 atom stereocenters. The summed E-state index contributed by atoms with van der Waals surface area (Å²) in [6, 6.07) is 8.23. The maximum Gasteiger partial charge on any atom is 0.119 e. The lowest BCUT2D eigenvalue weighted by Gasteiger charge is -2.09. The van der Waals surface area contributed by atoms with Crippen molar-refractivity contribution in [3.8, 4) is 5.75 Å².